The Morgan fingerprint density at radius 2 is 1.67 bits per heavy atom. The Labute approximate surface area is 283 Å². The highest BCUT2D eigenvalue weighted by molar-refractivity contribution is 8.00. The number of aromatic hydroxyl groups is 1. The van der Waals surface area contributed by atoms with Gasteiger partial charge in [0.25, 0.3) is 0 Å². The normalized spacial score (nSPS) is 18.2. The van der Waals surface area contributed by atoms with E-state index >= 15 is 0 Å². The summed E-state index contributed by atoms with van der Waals surface area (Å²) in [5.41, 5.74) is 1.63. The maximum atomic E-state index is 14.2. The molecule has 0 spiro atoms. The number of thioether (sulfide) groups is 1. The van der Waals surface area contributed by atoms with Gasteiger partial charge in [-0.05, 0) is 80.1 Å². The Hall–Kier alpha value is -5.08. The summed E-state index contributed by atoms with van der Waals surface area (Å²) >= 11 is 1.99. The molecule has 248 valence electrons. The van der Waals surface area contributed by atoms with Crippen LogP contribution in [0.1, 0.15) is 40.6 Å². The van der Waals surface area contributed by atoms with Gasteiger partial charge in [0.05, 0.1) is 42.5 Å². The first-order valence-corrected chi connectivity index (χ1v) is 16.8. The average molecular weight is 690 g/mol. The lowest BCUT2D eigenvalue weighted by molar-refractivity contribution is -0.122. The quantitative estimate of drug-likeness (QED) is 0.178. The fourth-order valence-electron chi connectivity index (χ4n) is 5.84. The number of phenols is 1. The first-order valence-electron chi connectivity index (χ1n) is 15.1. The van der Waals surface area contributed by atoms with Crippen molar-refractivity contribution in [3.8, 4) is 17.2 Å². The van der Waals surface area contributed by atoms with E-state index in [2.05, 4.69) is 5.32 Å². The van der Waals surface area contributed by atoms with E-state index in [0.717, 1.165) is 28.0 Å². The number of thiazole rings is 1. The van der Waals surface area contributed by atoms with Gasteiger partial charge in [0, 0.05) is 16.5 Å². The Bertz CT molecular complexity index is 1950. The van der Waals surface area contributed by atoms with Gasteiger partial charge in [0.1, 0.15) is 17.5 Å². The third-order valence-corrected chi connectivity index (χ3v) is 10.6. The molecule has 48 heavy (non-hydrogen) atoms. The van der Waals surface area contributed by atoms with Crippen LogP contribution in [0, 0.1) is 5.92 Å². The van der Waals surface area contributed by atoms with Crippen molar-refractivity contribution in [2.45, 2.75) is 36.6 Å². The minimum atomic E-state index is -0.936. The van der Waals surface area contributed by atoms with Gasteiger partial charge in [-0.25, -0.2) is 9.69 Å². The van der Waals surface area contributed by atoms with Crippen LogP contribution in [-0.4, -0.2) is 58.9 Å². The zero-order valence-corrected chi connectivity index (χ0v) is 27.8. The standard InChI is InChI=1S/C34H31N3O9S2/c1-4-45-24-16-19(8-15-23(24)38)26-27-28(31(41)37(30(27)40)21-11-6-18(7-12-21)33(42)46-5-2)47-32-29(26)48-34(43)36(32)17-25(39)35-20-9-13-22(44-3)14-10-20/h6-16,26-28,38H,4-5,17H2,1-3H3,(H,35,39)/t26-,27+,28-/m0/s1. The lowest BCUT2D eigenvalue weighted by Crippen LogP contribution is -2.33. The third kappa shape index (κ3) is 6.04. The second kappa shape index (κ2) is 13.6. The zero-order chi connectivity index (χ0) is 34.1. The van der Waals surface area contributed by atoms with Gasteiger partial charge in [0.15, 0.2) is 11.5 Å². The molecule has 0 radical (unpaired) electrons. The lowest BCUT2D eigenvalue weighted by atomic mass is 9.83. The number of phenolic OH excluding ortho intramolecular Hbond substituents is 1. The Kier molecular flexibility index (Phi) is 9.29. The zero-order valence-electron chi connectivity index (χ0n) is 26.1. The van der Waals surface area contributed by atoms with Crippen molar-refractivity contribution in [1.82, 2.24) is 4.57 Å². The molecule has 0 unspecified atom stereocenters. The van der Waals surface area contributed by atoms with Crippen molar-refractivity contribution in [2.75, 3.05) is 30.5 Å². The molecule has 3 aromatic carbocycles. The number of carbonyl (C=O) groups excluding carboxylic acids is 4. The van der Waals surface area contributed by atoms with Crippen LogP contribution < -0.4 is 24.6 Å². The van der Waals surface area contributed by atoms with Crippen LogP contribution >= 0.6 is 23.1 Å². The van der Waals surface area contributed by atoms with Crippen LogP contribution in [0.5, 0.6) is 17.2 Å². The number of amides is 3. The largest absolute Gasteiger partial charge is 0.504 e. The number of imide groups is 1. The molecule has 1 aromatic heterocycles. The number of esters is 1. The number of hydrogen-bond acceptors (Lipinski definition) is 11. The van der Waals surface area contributed by atoms with Crippen LogP contribution in [0.4, 0.5) is 11.4 Å². The van der Waals surface area contributed by atoms with E-state index in [1.165, 1.54) is 42.0 Å². The molecular weight excluding hydrogens is 659 g/mol. The van der Waals surface area contributed by atoms with Crippen molar-refractivity contribution >= 4 is 58.2 Å². The summed E-state index contributed by atoms with van der Waals surface area (Å²) in [4.78, 5) is 68.3. The van der Waals surface area contributed by atoms with E-state index in [9.17, 15) is 29.1 Å². The molecule has 12 nitrogen and oxygen atoms in total. The number of rotatable bonds is 10. The van der Waals surface area contributed by atoms with Crippen molar-refractivity contribution in [3.05, 3.63) is 92.4 Å². The van der Waals surface area contributed by atoms with E-state index in [1.807, 2.05) is 0 Å². The highest BCUT2D eigenvalue weighted by Crippen LogP contribution is 2.54. The van der Waals surface area contributed by atoms with E-state index in [0.29, 0.717) is 26.9 Å². The SMILES string of the molecule is CCOC(=O)c1ccc(N2C(=O)[C@@H]3[C@H](c4ccc(O)c(OCC)c4)c4sc(=O)n(CC(=O)Nc5ccc(OC)cc5)c4S[C@@H]3C2=O)cc1. The monoisotopic (exact) mass is 689 g/mol. The Morgan fingerprint density at radius 1 is 0.938 bits per heavy atom. The molecular formula is C34H31N3O9S2. The number of anilines is 2. The van der Waals surface area contributed by atoms with Gasteiger partial charge in [-0.3, -0.25) is 23.7 Å². The van der Waals surface area contributed by atoms with Crippen LogP contribution in [-0.2, 0) is 25.7 Å². The van der Waals surface area contributed by atoms with E-state index in [1.54, 1.807) is 50.2 Å². The van der Waals surface area contributed by atoms with Crippen molar-refractivity contribution in [3.63, 3.8) is 0 Å². The van der Waals surface area contributed by atoms with Gasteiger partial charge < -0.3 is 24.6 Å². The number of carbonyl (C=O) groups is 4. The average Bonchev–Trinajstić information content (AvgIpc) is 3.52. The summed E-state index contributed by atoms with van der Waals surface area (Å²) in [5, 5.41) is 12.7. The Balaban J connectivity index is 1.39. The van der Waals surface area contributed by atoms with Gasteiger partial charge in [-0.15, -0.1) is 0 Å². The number of ether oxygens (including phenoxy) is 3. The lowest BCUT2D eigenvalue weighted by Gasteiger charge is -2.31. The molecule has 2 aliphatic heterocycles. The first-order chi connectivity index (χ1) is 23.1. The molecule has 14 heteroatoms. The summed E-state index contributed by atoms with van der Waals surface area (Å²) in [7, 11) is 1.54. The molecule has 6 rings (SSSR count). The molecule has 3 amide bonds. The smallest absolute Gasteiger partial charge is 0.338 e. The predicted molar refractivity (Wildman–Crippen MR) is 179 cm³/mol. The van der Waals surface area contributed by atoms with Crippen LogP contribution in [0.15, 0.2) is 76.6 Å². The highest BCUT2D eigenvalue weighted by Gasteiger charge is 2.57. The fraction of sp³-hybridized carbons (Fsp3) is 0.265. The van der Waals surface area contributed by atoms with E-state index in [4.69, 9.17) is 14.2 Å². The second-order valence-corrected chi connectivity index (χ2v) is 13.0. The van der Waals surface area contributed by atoms with Gasteiger partial charge in [-0.1, -0.05) is 29.2 Å². The van der Waals surface area contributed by atoms with Gasteiger partial charge in [0.2, 0.25) is 17.7 Å². The summed E-state index contributed by atoms with van der Waals surface area (Å²) in [6.07, 6.45) is 0. The molecule has 0 saturated carbocycles. The van der Waals surface area contributed by atoms with E-state index < -0.39 is 45.6 Å². The number of methoxy groups -OCH3 is 1. The summed E-state index contributed by atoms with van der Waals surface area (Å²) < 4.78 is 17.2. The fourth-order valence-corrected chi connectivity index (χ4v) is 8.62. The van der Waals surface area contributed by atoms with Crippen LogP contribution in [0.25, 0.3) is 0 Å². The molecule has 3 heterocycles. The molecule has 1 saturated heterocycles. The first kappa shape index (κ1) is 32.8. The van der Waals surface area contributed by atoms with Crippen molar-refractivity contribution < 1.29 is 38.5 Å². The molecule has 2 aliphatic rings. The molecule has 0 aliphatic carbocycles. The van der Waals surface area contributed by atoms with Crippen LogP contribution in [0.2, 0.25) is 0 Å². The number of aromatic nitrogens is 1. The summed E-state index contributed by atoms with van der Waals surface area (Å²) in [5.74, 6) is -2.92. The van der Waals surface area contributed by atoms with Gasteiger partial charge >= 0.3 is 10.8 Å². The number of fused-ring (bicyclic) bond motifs is 2. The maximum absolute atomic E-state index is 14.2. The number of benzene rings is 3. The maximum Gasteiger partial charge on any atom is 0.338 e. The van der Waals surface area contributed by atoms with E-state index in [-0.39, 0.29) is 42.5 Å². The minimum Gasteiger partial charge on any atom is -0.504 e. The molecule has 4 aromatic rings. The number of hydrogen-bond donors (Lipinski definition) is 2. The van der Waals surface area contributed by atoms with Gasteiger partial charge in [-0.2, -0.15) is 0 Å². The topological polar surface area (TPSA) is 153 Å². The highest BCUT2D eigenvalue weighted by atomic mass is 32.2. The van der Waals surface area contributed by atoms with Crippen molar-refractivity contribution in [2.24, 2.45) is 5.92 Å². The summed E-state index contributed by atoms with van der Waals surface area (Å²) in [6.45, 7) is 3.61. The number of nitrogens with zero attached hydrogens (tertiary/aromatic N) is 2. The predicted octanol–water partition coefficient (Wildman–Crippen LogP) is 4.63. The van der Waals surface area contributed by atoms with Crippen molar-refractivity contribution in [1.29, 1.82) is 0 Å². The second-order valence-electron chi connectivity index (χ2n) is 10.9. The summed E-state index contributed by atoms with van der Waals surface area (Å²) in [6, 6.07) is 17.5. The molecule has 3 atom stereocenters. The number of nitrogens with one attached hydrogen (secondary N) is 1. The third-order valence-electron chi connectivity index (χ3n) is 8.00. The molecule has 1 fully saturated rings. The van der Waals surface area contributed by atoms with Crippen LogP contribution in [0.3, 0.4) is 0 Å². The minimum absolute atomic E-state index is 0.0966. The Morgan fingerprint density at radius 3 is 2.33 bits per heavy atom. The molecule has 0 bridgehead atoms. The molecule has 2 N–H and O–H groups in total.